The van der Waals surface area contributed by atoms with Gasteiger partial charge in [-0.25, -0.2) is 18.1 Å². The molecule has 2 amide bonds. The quantitative estimate of drug-likeness (QED) is 0.155. The third-order valence-electron chi connectivity index (χ3n) is 6.33. The first-order valence-corrected chi connectivity index (χ1v) is 14.8. The smallest absolute Gasteiger partial charge is 0.242 e. The summed E-state index contributed by atoms with van der Waals surface area (Å²) in [6.07, 6.45) is 15.9. The van der Waals surface area contributed by atoms with E-state index >= 15 is 0 Å². The minimum absolute atomic E-state index is 0.0517. The SMILES string of the molecule is C#C.CS(=O)(=O)NC[C@@H]1CCCN1C(=O)CN1CCCCCC1=O.Cc1cc2cc(N=C(N)NC#N)ccc2o1. The standard InChI is InChI=1S/C14H25N3O4S.C11H10N4O.C2H2/c1-22(20,21)15-10-12-6-5-9-17(12)14(19)11-16-8-4-2-3-7-13(16)18;1-7-4-8-5-9(2-3-10(8)16-7)15-11(13)14-6-12;1-2/h12,15H,2-11H2,1H3;2-5H,1H3,(H3,13,14,15);1-2H/t12-;;/m0../s1. The highest BCUT2D eigenvalue weighted by atomic mass is 32.2. The first-order valence-electron chi connectivity index (χ1n) is 12.9. The Labute approximate surface area is 235 Å². The number of carbonyl (C=O) groups excluding carboxylic acids is 2. The van der Waals surface area contributed by atoms with Crippen LogP contribution in [0.5, 0.6) is 0 Å². The van der Waals surface area contributed by atoms with E-state index in [1.54, 1.807) is 22.1 Å². The van der Waals surface area contributed by atoms with E-state index in [1.807, 2.05) is 25.1 Å². The minimum Gasteiger partial charge on any atom is -0.461 e. The highest BCUT2D eigenvalue weighted by molar-refractivity contribution is 7.88. The molecule has 2 saturated heterocycles. The van der Waals surface area contributed by atoms with Crippen molar-refractivity contribution in [2.24, 2.45) is 10.7 Å². The molecule has 2 aromatic rings. The molecule has 3 heterocycles. The Hall–Kier alpha value is -4.07. The molecule has 2 aliphatic heterocycles. The number of aryl methyl sites for hydroxylation is 1. The predicted molar refractivity (Wildman–Crippen MR) is 154 cm³/mol. The van der Waals surface area contributed by atoms with E-state index in [4.69, 9.17) is 15.4 Å². The van der Waals surface area contributed by atoms with Gasteiger partial charge in [-0.1, -0.05) is 6.42 Å². The Kier molecular flexibility index (Phi) is 12.5. The van der Waals surface area contributed by atoms with Crippen molar-refractivity contribution in [3.63, 3.8) is 0 Å². The highest BCUT2D eigenvalue weighted by Gasteiger charge is 2.31. The van der Waals surface area contributed by atoms with Crippen LogP contribution in [0.2, 0.25) is 0 Å². The predicted octanol–water partition coefficient (Wildman–Crippen LogP) is 1.94. The van der Waals surface area contributed by atoms with Crippen molar-refractivity contribution in [3.8, 4) is 19.0 Å². The lowest BCUT2D eigenvalue weighted by Gasteiger charge is -2.28. The van der Waals surface area contributed by atoms with Gasteiger partial charge in [0, 0.05) is 37.5 Å². The lowest BCUT2D eigenvalue weighted by Crippen LogP contribution is -2.47. The van der Waals surface area contributed by atoms with E-state index in [9.17, 15) is 18.0 Å². The number of hydrogen-bond donors (Lipinski definition) is 3. The van der Waals surface area contributed by atoms with Gasteiger partial charge in [-0.15, -0.1) is 12.8 Å². The van der Waals surface area contributed by atoms with Gasteiger partial charge in [-0.3, -0.25) is 14.9 Å². The molecule has 4 rings (SSSR count). The number of benzene rings is 1. The summed E-state index contributed by atoms with van der Waals surface area (Å²) in [4.78, 5) is 31.8. The molecule has 0 aliphatic carbocycles. The van der Waals surface area contributed by atoms with E-state index in [-0.39, 0.29) is 36.9 Å². The summed E-state index contributed by atoms with van der Waals surface area (Å²) in [7, 11) is -3.25. The van der Waals surface area contributed by atoms with Crippen LogP contribution in [0.15, 0.2) is 33.7 Å². The van der Waals surface area contributed by atoms with Crippen LogP contribution in [0.3, 0.4) is 0 Å². The molecule has 12 nitrogen and oxygen atoms in total. The zero-order valence-corrected chi connectivity index (χ0v) is 23.7. The number of nitrogens with two attached hydrogens (primary N) is 1. The molecule has 0 radical (unpaired) electrons. The van der Waals surface area contributed by atoms with Crippen LogP contribution in [0.4, 0.5) is 5.69 Å². The largest absolute Gasteiger partial charge is 0.461 e. The van der Waals surface area contributed by atoms with Crippen molar-refractivity contribution in [2.45, 2.75) is 51.5 Å². The summed E-state index contributed by atoms with van der Waals surface area (Å²) in [5.41, 5.74) is 6.94. The second-order valence-corrected chi connectivity index (χ2v) is 11.3. The highest BCUT2D eigenvalue weighted by Crippen LogP contribution is 2.24. The topological polar surface area (TPSA) is 174 Å². The van der Waals surface area contributed by atoms with Gasteiger partial charge in [0.25, 0.3) is 0 Å². The molecule has 0 saturated carbocycles. The van der Waals surface area contributed by atoms with Crippen LogP contribution in [-0.2, 0) is 19.6 Å². The van der Waals surface area contributed by atoms with Gasteiger partial charge in [0.2, 0.25) is 27.8 Å². The molecule has 1 aromatic carbocycles. The first-order chi connectivity index (χ1) is 19.1. The maximum absolute atomic E-state index is 12.5. The fourth-order valence-electron chi connectivity index (χ4n) is 4.54. The molecule has 0 bridgehead atoms. The molecule has 216 valence electrons. The molecular formula is C27H37N7O5S. The molecule has 13 heteroatoms. The van der Waals surface area contributed by atoms with Crippen molar-refractivity contribution in [1.82, 2.24) is 19.8 Å². The van der Waals surface area contributed by atoms with E-state index in [2.05, 4.69) is 27.9 Å². The summed E-state index contributed by atoms with van der Waals surface area (Å²) in [6.45, 7) is 3.53. The molecule has 1 aromatic heterocycles. The fourth-order valence-corrected chi connectivity index (χ4v) is 5.04. The lowest BCUT2D eigenvalue weighted by atomic mass is 10.2. The van der Waals surface area contributed by atoms with Gasteiger partial charge in [0.15, 0.2) is 6.19 Å². The van der Waals surface area contributed by atoms with Gasteiger partial charge in [-0.05, 0) is 56.9 Å². The Morgan fingerprint density at radius 1 is 1.23 bits per heavy atom. The number of aliphatic imine (C=N–C) groups is 1. The van der Waals surface area contributed by atoms with Crippen molar-refractivity contribution >= 4 is 44.5 Å². The maximum atomic E-state index is 12.5. The maximum Gasteiger partial charge on any atom is 0.242 e. The van der Waals surface area contributed by atoms with Crippen molar-refractivity contribution in [3.05, 3.63) is 30.0 Å². The molecule has 0 spiro atoms. The number of guanidine groups is 1. The summed E-state index contributed by atoms with van der Waals surface area (Å²) in [5, 5.41) is 11.6. The van der Waals surface area contributed by atoms with Crippen molar-refractivity contribution in [1.29, 1.82) is 5.26 Å². The number of rotatable bonds is 6. The Morgan fingerprint density at radius 2 is 1.98 bits per heavy atom. The summed E-state index contributed by atoms with van der Waals surface area (Å²) < 4.78 is 30.3. The normalized spacial score (nSPS) is 17.6. The first kappa shape index (κ1) is 32.1. The number of terminal acetylenes is 1. The molecule has 40 heavy (non-hydrogen) atoms. The van der Waals surface area contributed by atoms with Gasteiger partial charge >= 0.3 is 0 Å². The van der Waals surface area contributed by atoms with Crippen molar-refractivity contribution < 1.29 is 22.4 Å². The summed E-state index contributed by atoms with van der Waals surface area (Å²) in [5.74, 6) is 0.894. The zero-order chi connectivity index (χ0) is 29.7. The molecule has 4 N–H and O–H groups in total. The van der Waals surface area contributed by atoms with E-state index in [1.165, 1.54) is 0 Å². The molecular weight excluding hydrogens is 534 g/mol. The average molecular weight is 572 g/mol. The van der Waals surface area contributed by atoms with Crippen LogP contribution in [0.1, 0.15) is 44.3 Å². The van der Waals surface area contributed by atoms with Gasteiger partial charge < -0.3 is 20.0 Å². The monoisotopic (exact) mass is 571 g/mol. The number of nitriles is 1. The number of nitrogens with zero attached hydrogens (tertiary/aromatic N) is 4. The third-order valence-corrected chi connectivity index (χ3v) is 7.02. The van der Waals surface area contributed by atoms with Crippen LogP contribution >= 0.6 is 0 Å². The number of likely N-dealkylation sites (tertiary alicyclic amines) is 2. The van der Waals surface area contributed by atoms with Gasteiger partial charge in [-0.2, -0.15) is 5.26 Å². The number of hydrogen-bond acceptors (Lipinski definition) is 7. The summed E-state index contributed by atoms with van der Waals surface area (Å²) >= 11 is 0. The number of nitrogens with one attached hydrogen (secondary N) is 2. The van der Waals surface area contributed by atoms with Crippen molar-refractivity contribution in [2.75, 3.05) is 32.4 Å². The second-order valence-electron chi connectivity index (χ2n) is 9.44. The lowest BCUT2D eigenvalue weighted by molar-refractivity contribution is -0.140. The Morgan fingerprint density at radius 3 is 2.67 bits per heavy atom. The third kappa shape index (κ3) is 10.2. The van der Waals surface area contributed by atoms with E-state index < -0.39 is 10.0 Å². The number of furan rings is 1. The number of sulfonamides is 1. The van der Waals surface area contributed by atoms with Gasteiger partial charge in [0.1, 0.15) is 11.3 Å². The molecule has 1 atom stereocenters. The number of fused-ring (bicyclic) bond motifs is 1. The minimum atomic E-state index is -3.25. The summed E-state index contributed by atoms with van der Waals surface area (Å²) in [6, 6.07) is 7.25. The molecule has 2 fully saturated rings. The van der Waals surface area contributed by atoms with Crippen LogP contribution in [-0.4, -0.2) is 74.5 Å². The molecule has 2 aliphatic rings. The van der Waals surface area contributed by atoms with Crippen LogP contribution in [0.25, 0.3) is 11.0 Å². The molecule has 0 unspecified atom stereocenters. The zero-order valence-electron chi connectivity index (χ0n) is 22.9. The van der Waals surface area contributed by atoms with E-state index in [0.29, 0.717) is 25.2 Å². The van der Waals surface area contributed by atoms with Gasteiger partial charge in [0.05, 0.1) is 18.5 Å². The van der Waals surface area contributed by atoms with Crippen LogP contribution in [0, 0.1) is 31.2 Å². The van der Waals surface area contributed by atoms with Crippen LogP contribution < -0.4 is 15.8 Å². The average Bonchev–Trinajstić information content (AvgIpc) is 3.47. The fraction of sp³-hybridized carbons (Fsp3) is 0.481. The number of amides is 2. The number of carbonyl (C=O) groups is 2. The Balaban J connectivity index is 0.000000275. The van der Waals surface area contributed by atoms with E-state index in [0.717, 1.165) is 55.1 Å². The Bertz CT molecular complexity index is 1360. The second kappa shape index (κ2) is 15.5.